The number of ether oxygens (including phenoxy) is 1. The molecule has 1 fully saturated rings. The lowest BCUT2D eigenvalue weighted by Gasteiger charge is -2.36. The monoisotopic (exact) mass is 502 g/mol. The third-order valence-electron chi connectivity index (χ3n) is 5.00. The van der Waals surface area contributed by atoms with Gasteiger partial charge in [-0.2, -0.15) is 0 Å². The van der Waals surface area contributed by atoms with E-state index in [4.69, 9.17) is 4.74 Å². The second-order valence-corrected chi connectivity index (χ2v) is 8.08. The summed E-state index contributed by atoms with van der Waals surface area (Å²) < 4.78 is 6.35. The van der Waals surface area contributed by atoms with Crippen LogP contribution in [0.4, 0.5) is 5.69 Å². The number of benzene rings is 2. The molecule has 2 aliphatic rings. The summed E-state index contributed by atoms with van der Waals surface area (Å²) in [5.41, 5.74) is 1.64. The molecule has 1 heterocycles. The summed E-state index contributed by atoms with van der Waals surface area (Å²) in [6.07, 6.45) is 0. The van der Waals surface area contributed by atoms with Crippen LogP contribution in [0.3, 0.4) is 0 Å². The molecular formula is C22H19IN2O4. The Bertz CT molecular complexity index is 1040. The van der Waals surface area contributed by atoms with Crippen molar-refractivity contribution in [2.24, 2.45) is 0 Å². The number of halogens is 1. The lowest BCUT2D eigenvalue weighted by Crippen LogP contribution is -2.45. The molecule has 0 unspecified atom stereocenters. The standard InChI is InChI=1S/C22H19IN2O4/c1-14(26)25(16-6-4-5-15(23)13-16)20-19(24-9-11-29-12-10-24)21(27)17-7-2-3-8-18(17)22(20)28/h2-8,13H,9-12H2,1H3. The number of allylic oxidation sites excluding steroid dienone is 2. The van der Waals surface area contributed by atoms with Gasteiger partial charge in [-0.15, -0.1) is 0 Å². The number of ketones is 2. The minimum atomic E-state index is -0.326. The van der Waals surface area contributed by atoms with Crippen molar-refractivity contribution < 1.29 is 19.1 Å². The number of Topliss-reactive ketones (excluding diaryl/α,β-unsaturated/α-hetero) is 2. The largest absolute Gasteiger partial charge is 0.378 e. The van der Waals surface area contributed by atoms with Crippen LogP contribution in [0.25, 0.3) is 0 Å². The molecule has 29 heavy (non-hydrogen) atoms. The summed E-state index contributed by atoms with van der Waals surface area (Å²) in [7, 11) is 0. The zero-order chi connectivity index (χ0) is 20.5. The minimum absolute atomic E-state index is 0.116. The first kappa shape index (κ1) is 19.8. The van der Waals surface area contributed by atoms with Gasteiger partial charge in [-0.3, -0.25) is 19.3 Å². The molecule has 4 rings (SSSR count). The van der Waals surface area contributed by atoms with Crippen molar-refractivity contribution in [3.05, 3.63) is 74.6 Å². The molecule has 0 saturated carbocycles. The van der Waals surface area contributed by atoms with E-state index in [1.807, 2.05) is 23.1 Å². The number of fused-ring (bicyclic) bond motifs is 1. The Morgan fingerprint density at radius 2 is 1.66 bits per heavy atom. The molecule has 0 spiro atoms. The van der Waals surface area contributed by atoms with Crippen LogP contribution in [0, 0.1) is 3.57 Å². The maximum atomic E-state index is 13.6. The molecular weight excluding hydrogens is 483 g/mol. The SMILES string of the molecule is CC(=O)N(C1=C(N2CCOCC2)C(=O)c2ccccc2C1=O)c1cccc(I)c1. The molecule has 1 aliphatic heterocycles. The Labute approximate surface area is 182 Å². The van der Waals surface area contributed by atoms with E-state index in [2.05, 4.69) is 22.6 Å². The lowest BCUT2D eigenvalue weighted by atomic mass is 9.88. The number of nitrogens with zero attached hydrogens (tertiary/aromatic N) is 2. The number of rotatable bonds is 3. The summed E-state index contributed by atoms with van der Waals surface area (Å²) in [4.78, 5) is 43.0. The predicted octanol–water partition coefficient (Wildman–Crippen LogP) is 3.27. The summed E-state index contributed by atoms with van der Waals surface area (Å²) in [6.45, 7) is 3.30. The van der Waals surface area contributed by atoms with Crippen molar-refractivity contribution in [1.29, 1.82) is 0 Å². The highest BCUT2D eigenvalue weighted by Crippen LogP contribution is 2.34. The van der Waals surface area contributed by atoms with Crippen LogP contribution in [0.2, 0.25) is 0 Å². The second-order valence-electron chi connectivity index (χ2n) is 6.83. The highest BCUT2D eigenvalue weighted by molar-refractivity contribution is 14.1. The second kappa shape index (κ2) is 8.08. The first-order chi connectivity index (χ1) is 14.0. The minimum Gasteiger partial charge on any atom is -0.378 e. The normalized spacial score (nSPS) is 16.7. The molecule has 1 saturated heterocycles. The fourth-order valence-electron chi connectivity index (χ4n) is 3.72. The fourth-order valence-corrected chi connectivity index (χ4v) is 4.25. The maximum Gasteiger partial charge on any atom is 0.228 e. The first-order valence-electron chi connectivity index (χ1n) is 9.30. The van der Waals surface area contributed by atoms with E-state index in [9.17, 15) is 14.4 Å². The topological polar surface area (TPSA) is 66.9 Å². The van der Waals surface area contributed by atoms with Crippen LogP contribution in [-0.2, 0) is 9.53 Å². The van der Waals surface area contributed by atoms with Gasteiger partial charge in [0.2, 0.25) is 17.5 Å². The quantitative estimate of drug-likeness (QED) is 0.604. The number of hydrogen-bond acceptors (Lipinski definition) is 5. The number of morpholine rings is 1. The first-order valence-corrected chi connectivity index (χ1v) is 10.4. The van der Waals surface area contributed by atoms with Crippen LogP contribution in [0.5, 0.6) is 0 Å². The van der Waals surface area contributed by atoms with Gasteiger partial charge in [-0.05, 0) is 40.8 Å². The molecule has 0 N–H and O–H groups in total. The molecule has 7 heteroatoms. The van der Waals surface area contributed by atoms with Gasteiger partial charge in [-0.1, -0.05) is 30.3 Å². The van der Waals surface area contributed by atoms with E-state index < -0.39 is 0 Å². The molecule has 0 radical (unpaired) electrons. The van der Waals surface area contributed by atoms with Crippen molar-refractivity contribution in [3.8, 4) is 0 Å². The number of amides is 1. The number of anilines is 1. The third-order valence-corrected chi connectivity index (χ3v) is 5.67. The molecule has 1 amide bonds. The van der Waals surface area contributed by atoms with Gasteiger partial charge >= 0.3 is 0 Å². The van der Waals surface area contributed by atoms with Gasteiger partial charge in [0.1, 0.15) is 11.4 Å². The number of carbonyl (C=O) groups is 3. The van der Waals surface area contributed by atoms with Gasteiger partial charge in [-0.25, -0.2) is 0 Å². The summed E-state index contributed by atoms with van der Waals surface area (Å²) in [5, 5.41) is 0. The smallest absolute Gasteiger partial charge is 0.228 e. The lowest BCUT2D eigenvalue weighted by molar-refractivity contribution is -0.116. The van der Waals surface area contributed by atoms with E-state index in [1.54, 1.807) is 30.3 Å². The number of carbonyl (C=O) groups excluding carboxylic acids is 3. The van der Waals surface area contributed by atoms with Crippen LogP contribution in [0.1, 0.15) is 27.6 Å². The van der Waals surface area contributed by atoms with Crippen LogP contribution in [0.15, 0.2) is 59.9 Å². The van der Waals surface area contributed by atoms with Crippen LogP contribution < -0.4 is 4.90 Å². The van der Waals surface area contributed by atoms with E-state index in [0.717, 1.165) is 3.57 Å². The zero-order valence-corrected chi connectivity index (χ0v) is 18.0. The Morgan fingerprint density at radius 1 is 1.00 bits per heavy atom. The predicted molar refractivity (Wildman–Crippen MR) is 117 cm³/mol. The molecule has 2 aromatic carbocycles. The maximum absolute atomic E-state index is 13.6. The van der Waals surface area contributed by atoms with Crippen molar-refractivity contribution in [2.45, 2.75) is 6.92 Å². The van der Waals surface area contributed by atoms with Crippen molar-refractivity contribution in [2.75, 3.05) is 31.2 Å². The highest BCUT2D eigenvalue weighted by atomic mass is 127. The number of hydrogen-bond donors (Lipinski definition) is 0. The van der Waals surface area contributed by atoms with Gasteiger partial charge < -0.3 is 9.64 Å². The van der Waals surface area contributed by atoms with Gasteiger partial charge in [0.25, 0.3) is 0 Å². The Morgan fingerprint density at radius 3 is 2.28 bits per heavy atom. The van der Waals surface area contributed by atoms with Crippen molar-refractivity contribution in [1.82, 2.24) is 4.90 Å². The average molecular weight is 502 g/mol. The van der Waals surface area contributed by atoms with Crippen molar-refractivity contribution in [3.63, 3.8) is 0 Å². The summed E-state index contributed by atoms with van der Waals surface area (Å²) >= 11 is 2.16. The van der Waals surface area contributed by atoms with Gasteiger partial charge in [0.15, 0.2) is 0 Å². The Hall–Kier alpha value is -2.52. The summed E-state index contributed by atoms with van der Waals surface area (Å²) in [6, 6.07) is 14.1. The third kappa shape index (κ3) is 3.60. The van der Waals surface area contributed by atoms with Crippen LogP contribution >= 0.6 is 22.6 Å². The summed E-state index contributed by atoms with van der Waals surface area (Å²) in [5.74, 6) is -0.891. The Balaban J connectivity index is 1.96. The van der Waals surface area contributed by atoms with Crippen LogP contribution in [-0.4, -0.2) is 48.7 Å². The van der Waals surface area contributed by atoms with E-state index in [1.165, 1.54) is 11.8 Å². The Kier molecular flexibility index (Phi) is 5.51. The molecule has 0 atom stereocenters. The molecule has 0 aromatic heterocycles. The fraction of sp³-hybridized carbons (Fsp3) is 0.227. The van der Waals surface area contributed by atoms with E-state index in [0.29, 0.717) is 43.1 Å². The molecule has 148 valence electrons. The van der Waals surface area contributed by atoms with Crippen molar-refractivity contribution >= 4 is 45.8 Å². The molecule has 1 aliphatic carbocycles. The van der Waals surface area contributed by atoms with E-state index >= 15 is 0 Å². The molecule has 2 aromatic rings. The average Bonchev–Trinajstić information content (AvgIpc) is 2.72. The van der Waals surface area contributed by atoms with Gasteiger partial charge in [0, 0.05) is 34.7 Å². The highest BCUT2D eigenvalue weighted by Gasteiger charge is 2.39. The van der Waals surface area contributed by atoms with E-state index in [-0.39, 0.29) is 28.9 Å². The van der Waals surface area contributed by atoms with Gasteiger partial charge in [0.05, 0.1) is 18.9 Å². The molecule has 0 bridgehead atoms. The molecule has 6 nitrogen and oxygen atoms in total. The zero-order valence-electron chi connectivity index (χ0n) is 15.9.